The van der Waals surface area contributed by atoms with Gasteiger partial charge in [0.25, 0.3) is 0 Å². The lowest BCUT2D eigenvalue weighted by molar-refractivity contribution is 0.292. The zero-order chi connectivity index (χ0) is 15.1. The molecule has 0 radical (unpaired) electrons. The third kappa shape index (κ3) is 6.03. The molecule has 120 valence electrons. The summed E-state index contributed by atoms with van der Waals surface area (Å²) in [7, 11) is 0. The minimum atomic E-state index is 0. The summed E-state index contributed by atoms with van der Waals surface area (Å²) in [5.41, 5.74) is 2.04. The Kier molecular flexibility index (Phi) is 8.61. The highest BCUT2D eigenvalue weighted by atomic mass is 35.5. The van der Waals surface area contributed by atoms with Crippen LogP contribution in [-0.2, 0) is 13.2 Å². The Morgan fingerprint density at radius 2 is 1.77 bits per heavy atom. The summed E-state index contributed by atoms with van der Waals surface area (Å²) in [4.78, 5) is 0. The van der Waals surface area contributed by atoms with Gasteiger partial charge < -0.3 is 15.2 Å². The van der Waals surface area contributed by atoms with Crippen LogP contribution in [0.1, 0.15) is 11.1 Å². The molecule has 0 aliphatic carbocycles. The number of ether oxygens (including phenoxy) is 1. The van der Waals surface area contributed by atoms with Crippen LogP contribution in [0, 0.1) is 0 Å². The summed E-state index contributed by atoms with van der Waals surface area (Å²) in [6.07, 6.45) is 0. The molecule has 0 aliphatic heterocycles. The molecule has 0 unspecified atom stereocenters. The van der Waals surface area contributed by atoms with E-state index in [1.54, 1.807) is 12.1 Å². The highest BCUT2D eigenvalue weighted by Crippen LogP contribution is 2.22. The first kappa shape index (κ1) is 19.1. The molecule has 6 heteroatoms. The summed E-state index contributed by atoms with van der Waals surface area (Å²) in [6, 6.07) is 13.2. The Morgan fingerprint density at radius 1 is 1.05 bits per heavy atom. The molecule has 2 rings (SSSR count). The third-order valence-corrected chi connectivity index (χ3v) is 3.54. The van der Waals surface area contributed by atoms with E-state index in [1.165, 1.54) is 0 Å². The summed E-state index contributed by atoms with van der Waals surface area (Å²) < 4.78 is 5.71. The van der Waals surface area contributed by atoms with Crippen molar-refractivity contribution in [1.82, 2.24) is 5.32 Å². The zero-order valence-electron chi connectivity index (χ0n) is 11.9. The van der Waals surface area contributed by atoms with Crippen molar-refractivity contribution in [3.8, 4) is 5.75 Å². The van der Waals surface area contributed by atoms with Crippen LogP contribution in [0.25, 0.3) is 0 Å². The molecule has 0 spiro atoms. The highest BCUT2D eigenvalue weighted by Gasteiger charge is 2.02. The maximum Gasteiger partial charge on any atom is 0.119 e. The molecular weight excluding hydrogens is 345 g/mol. The van der Waals surface area contributed by atoms with Crippen molar-refractivity contribution in [1.29, 1.82) is 0 Å². The number of aliphatic hydroxyl groups excluding tert-OH is 1. The van der Waals surface area contributed by atoms with Crippen molar-refractivity contribution in [2.24, 2.45) is 0 Å². The topological polar surface area (TPSA) is 41.5 Å². The van der Waals surface area contributed by atoms with Crippen molar-refractivity contribution in [2.75, 3.05) is 13.2 Å². The molecule has 0 fully saturated rings. The molecule has 0 bridgehead atoms. The number of halogens is 3. The van der Waals surface area contributed by atoms with Gasteiger partial charge in [-0.05, 0) is 29.8 Å². The predicted molar refractivity (Wildman–Crippen MR) is 93.3 cm³/mol. The van der Waals surface area contributed by atoms with Crippen molar-refractivity contribution in [3.63, 3.8) is 0 Å². The van der Waals surface area contributed by atoms with Crippen LogP contribution in [0.2, 0.25) is 10.0 Å². The molecular formula is C16H18Cl3NO2. The second-order valence-electron chi connectivity index (χ2n) is 4.57. The molecule has 2 N–H and O–H groups in total. The van der Waals surface area contributed by atoms with E-state index in [1.807, 2.05) is 30.3 Å². The van der Waals surface area contributed by atoms with Gasteiger partial charge in [0.2, 0.25) is 0 Å². The summed E-state index contributed by atoms with van der Waals surface area (Å²) in [6.45, 7) is 1.86. The number of hydrogen-bond acceptors (Lipinski definition) is 3. The van der Waals surface area contributed by atoms with Gasteiger partial charge >= 0.3 is 0 Å². The van der Waals surface area contributed by atoms with Crippen LogP contribution < -0.4 is 10.1 Å². The van der Waals surface area contributed by atoms with Crippen molar-refractivity contribution >= 4 is 35.6 Å². The Hall–Kier alpha value is -0.970. The van der Waals surface area contributed by atoms with Gasteiger partial charge in [-0.15, -0.1) is 12.4 Å². The van der Waals surface area contributed by atoms with E-state index in [0.717, 1.165) is 23.4 Å². The first-order chi connectivity index (χ1) is 10.2. The smallest absolute Gasteiger partial charge is 0.119 e. The van der Waals surface area contributed by atoms with Crippen LogP contribution >= 0.6 is 35.6 Å². The molecule has 0 amide bonds. The lowest BCUT2D eigenvalue weighted by atomic mass is 10.2. The van der Waals surface area contributed by atoms with Gasteiger partial charge in [0.05, 0.1) is 6.61 Å². The fourth-order valence-electron chi connectivity index (χ4n) is 1.82. The molecule has 2 aromatic rings. The van der Waals surface area contributed by atoms with E-state index in [4.69, 9.17) is 33.0 Å². The molecule has 22 heavy (non-hydrogen) atoms. The number of hydrogen-bond donors (Lipinski definition) is 2. The number of aliphatic hydroxyl groups is 1. The quantitative estimate of drug-likeness (QED) is 0.729. The normalized spacial score (nSPS) is 10.1. The summed E-state index contributed by atoms with van der Waals surface area (Å²) in [5, 5.41) is 13.0. The first-order valence-corrected chi connectivity index (χ1v) is 7.42. The number of rotatable bonds is 7. The summed E-state index contributed by atoms with van der Waals surface area (Å²) >= 11 is 12.0. The van der Waals surface area contributed by atoms with E-state index >= 15 is 0 Å². The lowest BCUT2D eigenvalue weighted by Gasteiger charge is -2.09. The van der Waals surface area contributed by atoms with Gasteiger partial charge in [-0.1, -0.05) is 41.4 Å². The highest BCUT2D eigenvalue weighted by molar-refractivity contribution is 6.35. The molecule has 0 saturated carbocycles. The van der Waals surface area contributed by atoms with E-state index < -0.39 is 0 Å². The van der Waals surface area contributed by atoms with Crippen molar-refractivity contribution in [2.45, 2.75) is 13.2 Å². The lowest BCUT2D eigenvalue weighted by Crippen LogP contribution is -2.17. The predicted octanol–water partition coefficient (Wildman–Crippen LogP) is 4.08. The SMILES string of the molecule is Cl.OCCNCc1ccc(OCc2ccc(Cl)cc2Cl)cc1. The standard InChI is InChI=1S/C16H17Cl2NO2.ClH/c17-14-4-3-13(16(18)9-14)11-21-15-5-1-12(2-6-15)10-19-7-8-20;/h1-6,9,19-20H,7-8,10-11H2;1H. The second kappa shape index (κ2) is 9.93. The average molecular weight is 363 g/mol. The van der Waals surface area contributed by atoms with Gasteiger partial charge in [0, 0.05) is 28.7 Å². The van der Waals surface area contributed by atoms with Crippen LogP contribution in [0.3, 0.4) is 0 Å². The van der Waals surface area contributed by atoms with Gasteiger partial charge in [-0.25, -0.2) is 0 Å². The monoisotopic (exact) mass is 361 g/mol. The number of benzene rings is 2. The Bertz CT molecular complexity index is 576. The Morgan fingerprint density at radius 3 is 2.41 bits per heavy atom. The van der Waals surface area contributed by atoms with Crippen LogP contribution in [-0.4, -0.2) is 18.3 Å². The second-order valence-corrected chi connectivity index (χ2v) is 5.41. The van der Waals surface area contributed by atoms with Gasteiger partial charge in [0.15, 0.2) is 0 Å². The van der Waals surface area contributed by atoms with Gasteiger partial charge in [0.1, 0.15) is 12.4 Å². The molecule has 0 aromatic heterocycles. The van der Waals surface area contributed by atoms with Crippen LogP contribution in [0.15, 0.2) is 42.5 Å². The van der Waals surface area contributed by atoms with Gasteiger partial charge in [-0.3, -0.25) is 0 Å². The van der Waals surface area contributed by atoms with E-state index in [0.29, 0.717) is 23.2 Å². The first-order valence-electron chi connectivity index (χ1n) is 6.66. The molecule has 0 aliphatic rings. The minimum Gasteiger partial charge on any atom is -0.489 e. The Labute approximate surface area is 146 Å². The van der Waals surface area contributed by atoms with E-state index in [9.17, 15) is 0 Å². The number of nitrogens with one attached hydrogen (secondary N) is 1. The maximum atomic E-state index is 8.70. The average Bonchev–Trinajstić information content (AvgIpc) is 2.48. The summed E-state index contributed by atoms with van der Waals surface area (Å²) in [5.74, 6) is 0.784. The minimum absolute atomic E-state index is 0. The third-order valence-electron chi connectivity index (χ3n) is 2.95. The fraction of sp³-hybridized carbons (Fsp3) is 0.250. The zero-order valence-corrected chi connectivity index (χ0v) is 14.2. The van der Waals surface area contributed by atoms with Crippen molar-refractivity contribution in [3.05, 3.63) is 63.6 Å². The molecule has 3 nitrogen and oxygen atoms in total. The molecule has 0 atom stereocenters. The largest absolute Gasteiger partial charge is 0.489 e. The van der Waals surface area contributed by atoms with E-state index in [2.05, 4.69) is 5.32 Å². The molecule has 0 saturated heterocycles. The van der Waals surface area contributed by atoms with Crippen LogP contribution in [0.5, 0.6) is 5.75 Å². The van der Waals surface area contributed by atoms with Crippen LogP contribution in [0.4, 0.5) is 0 Å². The van der Waals surface area contributed by atoms with Gasteiger partial charge in [-0.2, -0.15) is 0 Å². The fourth-order valence-corrected chi connectivity index (χ4v) is 2.28. The maximum absolute atomic E-state index is 8.70. The Balaban J connectivity index is 0.00000242. The molecule has 0 heterocycles. The van der Waals surface area contributed by atoms with E-state index in [-0.39, 0.29) is 19.0 Å². The van der Waals surface area contributed by atoms with Crippen molar-refractivity contribution < 1.29 is 9.84 Å². The molecule has 2 aromatic carbocycles.